The summed E-state index contributed by atoms with van der Waals surface area (Å²) >= 11 is 0. The third-order valence-electron chi connectivity index (χ3n) is 2.28. The molecule has 0 aliphatic carbocycles. The van der Waals surface area contributed by atoms with E-state index in [4.69, 9.17) is 4.42 Å². The molecule has 16 heavy (non-hydrogen) atoms. The molecular formula is C13H13NO2. The van der Waals surface area contributed by atoms with Gasteiger partial charge in [0.2, 0.25) is 0 Å². The molecule has 82 valence electrons. The lowest BCUT2D eigenvalue weighted by atomic mass is 10.1. The molecule has 1 heterocycles. The minimum absolute atomic E-state index is 0.0832. The topological polar surface area (TPSA) is 42.2 Å². The van der Waals surface area contributed by atoms with E-state index in [9.17, 15) is 4.79 Å². The van der Waals surface area contributed by atoms with E-state index in [1.54, 1.807) is 18.4 Å². The summed E-state index contributed by atoms with van der Waals surface area (Å²) in [7, 11) is 0. The van der Waals surface area contributed by atoms with Crippen LogP contribution < -0.4 is 5.32 Å². The Balaban J connectivity index is 1.98. The summed E-state index contributed by atoms with van der Waals surface area (Å²) in [5, 5.41) is 2.80. The molecule has 1 aromatic heterocycles. The van der Waals surface area contributed by atoms with Crippen molar-refractivity contribution in [1.82, 2.24) is 5.32 Å². The average molecular weight is 215 g/mol. The molecule has 0 saturated heterocycles. The second-order valence-corrected chi connectivity index (χ2v) is 3.63. The van der Waals surface area contributed by atoms with E-state index in [0.717, 1.165) is 11.3 Å². The highest BCUT2D eigenvalue weighted by Gasteiger charge is 2.05. The molecule has 1 N–H and O–H groups in total. The van der Waals surface area contributed by atoms with Crippen molar-refractivity contribution in [1.29, 1.82) is 0 Å². The van der Waals surface area contributed by atoms with Gasteiger partial charge in [-0.15, -0.1) is 0 Å². The lowest BCUT2D eigenvalue weighted by molar-refractivity contribution is 0.0948. The van der Waals surface area contributed by atoms with Gasteiger partial charge in [-0.3, -0.25) is 4.79 Å². The Morgan fingerprint density at radius 2 is 2.19 bits per heavy atom. The number of hydrogen-bond acceptors (Lipinski definition) is 2. The Morgan fingerprint density at radius 1 is 1.31 bits per heavy atom. The summed E-state index contributed by atoms with van der Waals surface area (Å²) in [5.41, 5.74) is 1.75. The van der Waals surface area contributed by atoms with Crippen molar-refractivity contribution >= 4 is 5.91 Å². The fourth-order valence-corrected chi connectivity index (χ4v) is 1.47. The van der Waals surface area contributed by atoms with Gasteiger partial charge in [0.25, 0.3) is 5.91 Å². The van der Waals surface area contributed by atoms with Crippen molar-refractivity contribution < 1.29 is 9.21 Å². The molecule has 0 radical (unpaired) electrons. The molecule has 0 aliphatic rings. The molecule has 2 rings (SSSR count). The van der Waals surface area contributed by atoms with Crippen LogP contribution in [0.4, 0.5) is 0 Å². The molecule has 3 nitrogen and oxygen atoms in total. The molecule has 0 bridgehead atoms. The van der Waals surface area contributed by atoms with Crippen LogP contribution in [0.2, 0.25) is 0 Å². The van der Waals surface area contributed by atoms with Crippen LogP contribution in [0.25, 0.3) is 0 Å². The van der Waals surface area contributed by atoms with Crippen LogP contribution in [0.15, 0.2) is 47.1 Å². The smallest absolute Gasteiger partial charge is 0.251 e. The zero-order chi connectivity index (χ0) is 11.4. The van der Waals surface area contributed by atoms with E-state index in [0.29, 0.717) is 12.1 Å². The minimum atomic E-state index is -0.0832. The Kier molecular flexibility index (Phi) is 3.05. The van der Waals surface area contributed by atoms with Gasteiger partial charge in [0.05, 0.1) is 12.8 Å². The van der Waals surface area contributed by atoms with Gasteiger partial charge in [0, 0.05) is 5.56 Å². The number of amides is 1. The normalized spacial score (nSPS) is 10.1. The zero-order valence-electron chi connectivity index (χ0n) is 9.07. The molecule has 0 aliphatic heterocycles. The van der Waals surface area contributed by atoms with E-state index < -0.39 is 0 Å². The van der Waals surface area contributed by atoms with Crippen LogP contribution >= 0.6 is 0 Å². The SMILES string of the molecule is Cc1cccc(C(=O)NCc2ccco2)c1. The van der Waals surface area contributed by atoms with Crippen LogP contribution in [-0.4, -0.2) is 5.91 Å². The van der Waals surface area contributed by atoms with Crippen LogP contribution in [0.3, 0.4) is 0 Å². The average Bonchev–Trinajstić information content (AvgIpc) is 2.78. The molecule has 0 spiro atoms. The van der Waals surface area contributed by atoms with E-state index in [1.165, 1.54) is 0 Å². The molecule has 3 heteroatoms. The number of rotatable bonds is 3. The maximum absolute atomic E-state index is 11.7. The summed E-state index contributed by atoms with van der Waals surface area (Å²) in [6.45, 7) is 2.38. The molecule has 0 saturated carbocycles. The molecule has 2 aromatic rings. The first-order valence-electron chi connectivity index (χ1n) is 5.13. The maximum atomic E-state index is 11.7. The van der Waals surface area contributed by atoms with Crippen molar-refractivity contribution in [2.45, 2.75) is 13.5 Å². The van der Waals surface area contributed by atoms with Crippen LogP contribution in [0, 0.1) is 6.92 Å². The minimum Gasteiger partial charge on any atom is -0.467 e. The Morgan fingerprint density at radius 3 is 2.88 bits per heavy atom. The van der Waals surface area contributed by atoms with E-state index in [-0.39, 0.29) is 5.91 Å². The highest BCUT2D eigenvalue weighted by Crippen LogP contribution is 2.04. The largest absolute Gasteiger partial charge is 0.467 e. The standard InChI is InChI=1S/C13H13NO2/c1-10-4-2-5-11(8-10)13(15)14-9-12-6-3-7-16-12/h2-8H,9H2,1H3,(H,14,15). The Bertz CT molecular complexity index is 474. The monoisotopic (exact) mass is 215 g/mol. The molecular weight excluding hydrogens is 202 g/mol. The van der Waals surface area contributed by atoms with Gasteiger partial charge in [-0.1, -0.05) is 17.7 Å². The van der Waals surface area contributed by atoms with Crippen LogP contribution in [0.1, 0.15) is 21.7 Å². The number of carbonyl (C=O) groups excluding carboxylic acids is 1. The first-order valence-corrected chi connectivity index (χ1v) is 5.13. The van der Waals surface area contributed by atoms with Crippen molar-refractivity contribution in [3.63, 3.8) is 0 Å². The molecule has 0 atom stereocenters. The summed E-state index contributed by atoms with van der Waals surface area (Å²) < 4.78 is 5.13. The third kappa shape index (κ3) is 2.51. The highest BCUT2D eigenvalue weighted by molar-refractivity contribution is 5.94. The van der Waals surface area contributed by atoms with Gasteiger partial charge in [0.15, 0.2) is 0 Å². The fraction of sp³-hybridized carbons (Fsp3) is 0.154. The van der Waals surface area contributed by atoms with Crippen LogP contribution in [0.5, 0.6) is 0 Å². The van der Waals surface area contributed by atoms with E-state index in [1.807, 2.05) is 31.2 Å². The summed E-state index contributed by atoms with van der Waals surface area (Å²) in [5.74, 6) is 0.668. The number of furan rings is 1. The highest BCUT2D eigenvalue weighted by atomic mass is 16.3. The number of benzene rings is 1. The van der Waals surface area contributed by atoms with Gasteiger partial charge in [-0.25, -0.2) is 0 Å². The van der Waals surface area contributed by atoms with E-state index in [2.05, 4.69) is 5.32 Å². The Labute approximate surface area is 94.1 Å². The van der Waals surface area contributed by atoms with Crippen molar-refractivity contribution in [3.05, 3.63) is 59.5 Å². The molecule has 1 aromatic carbocycles. The number of carbonyl (C=O) groups is 1. The predicted molar refractivity (Wildman–Crippen MR) is 61.1 cm³/mol. The van der Waals surface area contributed by atoms with Crippen LogP contribution in [-0.2, 0) is 6.54 Å². The second kappa shape index (κ2) is 4.66. The molecule has 0 unspecified atom stereocenters. The third-order valence-corrected chi connectivity index (χ3v) is 2.28. The van der Waals surface area contributed by atoms with Gasteiger partial charge in [-0.2, -0.15) is 0 Å². The summed E-state index contributed by atoms with van der Waals surface area (Å²) in [4.78, 5) is 11.7. The van der Waals surface area contributed by atoms with Crippen molar-refractivity contribution in [2.24, 2.45) is 0 Å². The number of nitrogens with one attached hydrogen (secondary N) is 1. The van der Waals surface area contributed by atoms with Crippen molar-refractivity contribution in [3.8, 4) is 0 Å². The van der Waals surface area contributed by atoms with Crippen molar-refractivity contribution in [2.75, 3.05) is 0 Å². The summed E-state index contributed by atoms with van der Waals surface area (Å²) in [6.07, 6.45) is 1.59. The number of hydrogen-bond donors (Lipinski definition) is 1. The van der Waals surface area contributed by atoms with E-state index >= 15 is 0 Å². The quantitative estimate of drug-likeness (QED) is 0.854. The number of aryl methyl sites for hydroxylation is 1. The molecule has 0 fully saturated rings. The fourth-order valence-electron chi connectivity index (χ4n) is 1.47. The first-order chi connectivity index (χ1) is 7.75. The second-order valence-electron chi connectivity index (χ2n) is 3.63. The lowest BCUT2D eigenvalue weighted by Crippen LogP contribution is -2.22. The van der Waals surface area contributed by atoms with Gasteiger partial charge < -0.3 is 9.73 Å². The Hall–Kier alpha value is -2.03. The van der Waals surface area contributed by atoms with Gasteiger partial charge in [-0.05, 0) is 31.2 Å². The van der Waals surface area contributed by atoms with Gasteiger partial charge in [0.1, 0.15) is 5.76 Å². The maximum Gasteiger partial charge on any atom is 0.251 e. The summed E-state index contributed by atoms with van der Waals surface area (Å²) in [6, 6.07) is 11.1. The lowest BCUT2D eigenvalue weighted by Gasteiger charge is -2.03. The zero-order valence-corrected chi connectivity index (χ0v) is 9.07. The predicted octanol–water partition coefficient (Wildman–Crippen LogP) is 2.52. The van der Waals surface area contributed by atoms with Gasteiger partial charge >= 0.3 is 0 Å². The first kappa shape index (κ1) is 10.5. The molecule has 1 amide bonds.